The first-order valence-corrected chi connectivity index (χ1v) is 13.2. The van der Waals surface area contributed by atoms with Crippen LogP contribution in [0.25, 0.3) is 0 Å². The van der Waals surface area contributed by atoms with Crippen LogP contribution in [0.4, 0.5) is 10.5 Å². The minimum atomic E-state index is -0.698. The fraction of sp³-hybridized carbons (Fsp3) is 0.517. The van der Waals surface area contributed by atoms with Crippen molar-refractivity contribution < 1.29 is 24.5 Å². The highest BCUT2D eigenvalue weighted by Crippen LogP contribution is 2.32. The summed E-state index contributed by atoms with van der Waals surface area (Å²) in [7, 11) is 0. The number of carbonyl (C=O) groups is 2. The first-order valence-electron chi connectivity index (χ1n) is 13.2. The quantitative estimate of drug-likeness (QED) is 0.531. The lowest BCUT2D eigenvalue weighted by atomic mass is 9.88. The zero-order valence-electron chi connectivity index (χ0n) is 21.9. The Kier molecular flexibility index (Phi) is 8.97. The lowest BCUT2D eigenvalue weighted by Crippen LogP contribution is -2.48. The molecule has 0 saturated carbocycles. The number of piperidine rings is 1. The molecule has 2 aromatic carbocycles. The molecule has 0 unspecified atom stereocenters. The van der Waals surface area contributed by atoms with Crippen LogP contribution >= 0.6 is 0 Å². The molecule has 2 aliphatic heterocycles. The molecule has 2 N–H and O–H groups in total. The van der Waals surface area contributed by atoms with Crippen molar-refractivity contribution in [1.82, 2.24) is 9.80 Å². The van der Waals surface area contributed by atoms with Crippen LogP contribution < -0.4 is 4.90 Å². The fourth-order valence-corrected chi connectivity index (χ4v) is 5.18. The summed E-state index contributed by atoms with van der Waals surface area (Å²) in [6.45, 7) is 8.26. The number of amides is 2. The summed E-state index contributed by atoms with van der Waals surface area (Å²) in [5, 5.41) is 19.3. The number of ether oxygens (including phenoxy) is 1. The van der Waals surface area contributed by atoms with Crippen molar-refractivity contribution in [1.29, 1.82) is 0 Å². The molecule has 2 aliphatic rings. The molecular formula is C29H39N3O5. The van der Waals surface area contributed by atoms with Crippen LogP contribution in [0, 0.1) is 0 Å². The summed E-state index contributed by atoms with van der Waals surface area (Å²) in [6.07, 6.45) is 2.02. The van der Waals surface area contributed by atoms with E-state index in [1.165, 1.54) is 5.56 Å². The Morgan fingerprint density at radius 3 is 2.32 bits per heavy atom. The van der Waals surface area contributed by atoms with Crippen LogP contribution in [-0.4, -0.2) is 90.0 Å². The first kappa shape index (κ1) is 27.3. The molecule has 4 rings (SSSR count). The van der Waals surface area contributed by atoms with E-state index in [1.807, 2.05) is 43.0 Å². The second kappa shape index (κ2) is 12.2. The number of aliphatic hydroxyl groups is 2. The number of anilines is 1. The number of aliphatic hydroxyl groups excluding tert-OH is 1. The van der Waals surface area contributed by atoms with Gasteiger partial charge in [-0.3, -0.25) is 9.69 Å². The summed E-state index contributed by atoms with van der Waals surface area (Å²) in [5.41, 5.74) is 2.74. The summed E-state index contributed by atoms with van der Waals surface area (Å²) in [4.78, 5) is 31.4. The molecule has 8 nitrogen and oxygen atoms in total. The lowest BCUT2D eigenvalue weighted by Gasteiger charge is -2.36. The normalized spacial score (nSPS) is 17.6. The van der Waals surface area contributed by atoms with E-state index in [-0.39, 0.29) is 11.8 Å². The van der Waals surface area contributed by atoms with Gasteiger partial charge < -0.3 is 24.7 Å². The van der Waals surface area contributed by atoms with Gasteiger partial charge >= 0.3 is 6.03 Å². The molecule has 0 spiro atoms. The van der Waals surface area contributed by atoms with Gasteiger partial charge in [-0.2, -0.15) is 0 Å². The Hall–Kier alpha value is -2.78. The first-order chi connectivity index (χ1) is 17.7. The van der Waals surface area contributed by atoms with E-state index in [2.05, 4.69) is 17.0 Å². The molecule has 0 atom stereocenters. The van der Waals surface area contributed by atoms with Crippen LogP contribution in [0.1, 0.15) is 54.1 Å². The lowest BCUT2D eigenvalue weighted by molar-refractivity contribution is 0.0282. The van der Waals surface area contributed by atoms with Crippen LogP contribution in [0.2, 0.25) is 0 Å². The number of β-amino-alcohol motifs (C(OH)–C–C–N with tert-alkyl or cyclic N) is 1. The van der Waals surface area contributed by atoms with Crippen molar-refractivity contribution in [2.24, 2.45) is 0 Å². The van der Waals surface area contributed by atoms with Crippen LogP contribution in [-0.2, 0) is 11.3 Å². The van der Waals surface area contributed by atoms with E-state index in [4.69, 9.17) is 9.84 Å². The van der Waals surface area contributed by atoms with Crippen molar-refractivity contribution in [2.75, 3.05) is 57.4 Å². The van der Waals surface area contributed by atoms with E-state index in [9.17, 15) is 14.7 Å². The van der Waals surface area contributed by atoms with Crippen molar-refractivity contribution >= 4 is 17.5 Å². The maximum absolute atomic E-state index is 13.7. The van der Waals surface area contributed by atoms with Crippen molar-refractivity contribution in [2.45, 2.75) is 44.8 Å². The number of benzene rings is 2. The van der Waals surface area contributed by atoms with E-state index in [0.717, 1.165) is 37.2 Å². The molecule has 0 aromatic heterocycles. The third-order valence-corrected chi connectivity index (χ3v) is 7.12. The summed E-state index contributed by atoms with van der Waals surface area (Å²) in [6, 6.07) is 15.3. The number of hydrogen-bond acceptors (Lipinski definition) is 6. The third-order valence-electron chi connectivity index (χ3n) is 7.12. The van der Waals surface area contributed by atoms with Gasteiger partial charge in [0.1, 0.15) is 6.61 Å². The number of urea groups is 1. The average Bonchev–Trinajstić information content (AvgIpc) is 2.91. The Morgan fingerprint density at radius 2 is 1.70 bits per heavy atom. The number of likely N-dealkylation sites (tertiary alicyclic amines) is 1. The Balaban J connectivity index is 1.53. The van der Waals surface area contributed by atoms with Crippen LogP contribution in [0.3, 0.4) is 0 Å². The molecule has 0 aliphatic carbocycles. The molecule has 2 aromatic rings. The minimum Gasteiger partial charge on any atom is -0.389 e. The van der Waals surface area contributed by atoms with Gasteiger partial charge in [0.15, 0.2) is 5.78 Å². The maximum Gasteiger partial charge on any atom is 0.324 e. The van der Waals surface area contributed by atoms with Gasteiger partial charge in [-0.25, -0.2) is 4.79 Å². The number of carbonyl (C=O) groups excluding carboxylic acids is 2. The number of hydrogen-bond donors (Lipinski definition) is 2. The van der Waals surface area contributed by atoms with Gasteiger partial charge in [-0.1, -0.05) is 36.4 Å². The van der Waals surface area contributed by atoms with E-state index in [0.29, 0.717) is 50.9 Å². The van der Waals surface area contributed by atoms with Gasteiger partial charge in [-0.15, -0.1) is 0 Å². The smallest absolute Gasteiger partial charge is 0.324 e. The molecule has 0 radical (unpaired) electrons. The predicted octanol–water partition coefficient (Wildman–Crippen LogP) is 3.27. The van der Waals surface area contributed by atoms with E-state index in [1.54, 1.807) is 17.0 Å². The Bertz CT molecular complexity index is 1050. The van der Waals surface area contributed by atoms with Gasteiger partial charge in [0, 0.05) is 30.9 Å². The van der Waals surface area contributed by atoms with Crippen LogP contribution in [0.15, 0.2) is 48.5 Å². The summed E-state index contributed by atoms with van der Waals surface area (Å²) in [5.74, 6) is 0.0798. The summed E-state index contributed by atoms with van der Waals surface area (Å²) < 4.78 is 5.45. The van der Waals surface area contributed by atoms with Crippen LogP contribution in [0.5, 0.6) is 0 Å². The number of rotatable bonds is 8. The molecule has 200 valence electrons. The zero-order chi connectivity index (χ0) is 26.4. The Labute approximate surface area is 219 Å². The highest BCUT2D eigenvalue weighted by Gasteiger charge is 2.27. The highest BCUT2D eigenvalue weighted by molar-refractivity contribution is 5.97. The van der Waals surface area contributed by atoms with Gasteiger partial charge in [0.2, 0.25) is 0 Å². The van der Waals surface area contributed by atoms with Crippen molar-refractivity contribution in [3.05, 3.63) is 65.2 Å². The monoisotopic (exact) mass is 509 g/mol. The number of ketones is 1. The largest absolute Gasteiger partial charge is 0.389 e. The standard InChI is InChI=1S/C29H39N3O5/c1-29(2,36)21-30-12-10-23(11-13-30)25-4-3-5-26(18-25)32(28(35)31-14-16-37-17-15-31)19-22-6-8-24(9-7-22)27(34)20-33/h3-9,18,23,33,36H,10-17,19-21H2,1-2H3. The third kappa shape index (κ3) is 7.38. The van der Waals surface area contributed by atoms with Crippen molar-refractivity contribution in [3.63, 3.8) is 0 Å². The molecule has 2 amide bonds. The molecule has 2 heterocycles. The minimum absolute atomic E-state index is 0.0593. The number of morpholine rings is 1. The molecular weight excluding hydrogens is 470 g/mol. The van der Waals surface area contributed by atoms with Gasteiger partial charge in [0.25, 0.3) is 0 Å². The second-order valence-corrected chi connectivity index (χ2v) is 10.7. The predicted molar refractivity (Wildman–Crippen MR) is 143 cm³/mol. The molecule has 2 saturated heterocycles. The molecule has 37 heavy (non-hydrogen) atoms. The Morgan fingerprint density at radius 1 is 1.03 bits per heavy atom. The molecule has 2 fully saturated rings. The maximum atomic E-state index is 13.7. The van der Waals surface area contributed by atoms with E-state index >= 15 is 0 Å². The topological polar surface area (TPSA) is 93.6 Å². The molecule has 8 heteroatoms. The van der Waals surface area contributed by atoms with E-state index < -0.39 is 12.2 Å². The summed E-state index contributed by atoms with van der Waals surface area (Å²) >= 11 is 0. The fourth-order valence-electron chi connectivity index (χ4n) is 5.18. The van der Waals surface area contributed by atoms with Gasteiger partial charge in [-0.05, 0) is 69.0 Å². The average molecular weight is 510 g/mol. The number of nitrogens with zero attached hydrogens (tertiary/aromatic N) is 3. The van der Waals surface area contributed by atoms with Crippen molar-refractivity contribution in [3.8, 4) is 0 Å². The number of Topliss-reactive ketones (excluding diaryl/α,β-unsaturated/α-hetero) is 1. The van der Waals surface area contributed by atoms with Gasteiger partial charge in [0.05, 0.1) is 25.4 Å². The zero-order valence-corrected chi connectivity index (χ0v) is 21.9. The molecule has 0 bridgehead atoms. The second-order valence-electron chi connectivity index (χ2n) is 10.7. The SMILES string of the molecule is CC(C)(O)CN1CCC(c2cccc(N(Cc3ccc(C(=O)CO)cc3)C(=O)N3CCOCC3)c2)CC1. The highest BCUT2D eigenvalue weighted by atomic mass is 16.5.